The summed E-state index contributed by atoms with van der Waals surface area (Å²) in [6.07, 6.45) is 3.38. The minimum absolute atomic E-state index is 0.0258. The molecule has 1 amide bonds. The maximum atomic E-state index is 13.0. The number of ether oxygens (including phenoxy) is 1. The van der Waals surface area contributed by atoms with Gasteiger partial charge in [-0.1, -0.05) is 18.2 Å². The second-order valence-corrected chi connectivity index (χ2v) is 9.16. The molecule has 0 saturated carbocycles. The second-order valence-electron chi connectivity index (χ2n) is 8.07. The van der Waals surface area contributed by atoms with Gasteiger partial charge in [0, 0.05) is 32.3 Å². The minimum Gasteiger partial charge on any atom is -0.488 e. The number of para-hydroxylation sites is 1. The van der Waals surface area contributed by atoms with Crippen LogP contribution >= 0.6 is 11.3 Å². The smallest absolute Gasteiger partial charge is 0.257 e. The summed E-state index contributed by atoms with van der Waals surface area (Å²) in [5.74, 6) is 0.784. The molecule has 1 aliphatic rings. The van der Waals surface area contributed by atoms with Gasteiger partial charge in [-0.3, -0.25) is 9.48 Å². The Hall–Kier alpha value is -2.71. The highest BCUT2D eigenvalue weighted by Crippen LogP contribution is 2.37. The molecule has 1 aromatic carbocycles. The number of amides is 1. The topological polar surface area (TPSA) is 80.5 Å². The molecule has 1 aliphatic heterocycles. The molecule has 3 heterocycles. The van der Waals surface area contributed by atoms with Crippen LogP contribution in [0.1, 0.15) is 50.9 Å². The zero-order valence-electron chi connectivity index (χ0n) is 18.2. The van der Waals surface area contributed by atoms with Crippen molar-refractivity contribution in [3.63, 3.8) is 0 Å². The number of nitrogens with zero attached hydrogens (tertiary/aromatic N) is 4. The molecular weight excluding hydrogens is 412 g/mol. The summed E-state index contributed by atoms with van der Waals surface area (Å²) in [4.78, 5) is 20.5. The van der Waals surface area contributed by atoms with Crippen LogP contribution in [-0.2, 0) is 19.3 Å². The lowest BCUT2D eigenvalue weighted by Gasteiger charge is -2.24. The highest BCUT2D eigenvalue weighted by atomic mass is 32.1. The van der Waals surface area contributed by atoms with E-state index < -0.39 is 5.60 Å². The van der Waals surface area contributed by atoms with Crippen molar-refractivity contribution in [1.82, 2.24) is 19.7 Å². The van der Waals surface area contributed by atoms with Crippen LogP contribution in [0.15, 0.2) is 36.5 Å². The van der Waals surface area contributed by atoms with Gasteiger partial charge in [0.1, 0.15) is 23.0 Å². The summed E-state index contributed by atoms with van der Waals surface area (Å²) >= 11 is 1.50. The van der Waals surface area contributed by atoms with Crippen LogP contribution in [0.25, 0.3) is 0 Å². The zero-order valence-corrected chi connectivity index (χ0v) is 19.0. The van der Waals surface area contributed by atoms with E-state index in [4.69, 9.17) is 4.74 Å². The lowest BCUT2D eigenvalue weighted by Crippen LogP contribution is -2.34. The molecule has 2 aromatic heterocycles. The minimum atomic E-state index is -1.03. The van der Waals surface area contributed by atoms with Crippen LogP contribution < -0.4 is 4.74 Å². The number of hydrogen-bond acceptors (Lipinski definition) is 6. The van der Waals surface area contributed by atoms with Gasteiger partial charge in [0.25, 0.3) is 5.91 Å². The SMILES string of the molecule is Cc1nc(C2(O)CCCN(C(=O)c3cnn(C)c3C)CC2)sc1COc1ccccc1. The van der Waals surface area contributed by atoms with Crippen molar-refractivity contribution >= 4 is 17.2 Å². The molecule has 31 heavy (non-hydrogen) atoms. The van der Waals surface area contributed by atoms with E-state index in [-0.39, 0.29) is 5.91 Å². The van der Waals surface area contributed by atoms with Crippen molar-refractivity contribution in [2.45, 2.75) is 45.3 Å². The fraction of sp³-hybridized carbons (Fsp3) is 0.435. The largest absolute Gasteiger partial charge is 0.488 e. The quantitative estimate of drug-likeness (QED) is 0.656. The van der Waals surface area contributed by atoms with Gasteiger partial charge in [-0.05, 0) is 38.8 Å². The predicted molar refractivity (Wildman–Crippen MR) is 119 cm³/mol. The van der Waals surface area contributed by atoms with Crippen molar-refractivity contribution in [1.29, 1.82) is 0 Å². The predicted octanol–water partition coefficient (Wildman–Crippen LogP) is 3.59. The van der Waals surface area contributed by atoms with E-state index in [1.54, 1.807) is 10.9 Å². The standard InChI is InChI=1S/C23H28N4O3S/c1-16-20(15-30-18-8-5-4-6-9-18)31-22(25-16)23(29)10-7-12-27(13-11-23)21(28)19-14-24-26(3)17(19)2/h4-6,8-9,14,29H,7,10-13,15H2,1-3H3. The van der Waals surface area contributed by atoms with Gasteiger partial charge in [0.2, 0.25) is 0 Å². The summed E-state index contributed by atoms with van der Waals surface area (Å²) in [5.41, 5.74) is 1.33. The molecule has 4 rings (SSSR count). The Kier molecular flexibility index (Phi) is 6.11. The molecule has 0 aliphatic carbocycles. The molecule has 0 spiro atoms. The third-order valence-electron chi connectivity index (χ3n) is 5.97. The molecule has 1 saturated heterocycles. The van der Waals surface area contributed by atoms with Crippen LogP contribution in [0.3, 0.4) is 0 Å². The summed E-state index contributed by atoms with van der Waals surface area (Å²) in [5, 5.41) is 16.3. The maximum Gasteiger partial charge on any atom is 0.257 e. The average Bonchev–Trinajstić information content (AvgIpc) is 3.23. The molecule has 1 atom stereocenters. The first-order valence-corrected chi connectivity index (χ1v) is 11.3. The Morgan fingerprint density at radius 2 is 2.00 bits per heavy atom. The van der Waals surface area contributed by atoms with E-state index in [2.05, 4.69) is 10.1 Å². The first-order chi connectivity index (χ1) is 14.9. The maximum absolute atomic E-state index is 13.0. The van der Waals surface area contributed by atoms with Crippen molar-refractivity contribution < 1.29 is 14.6 Å². The molecule has 3 aromatic rings. The van der Waals surface area contributed by atoms with Gasteiger partial charge in [0.15, 0.2) is 0 Å². The Bertz CT molecular complexity index is 1060. The average molecular weight is 441 g/mol. The molecule has 1 unspecified atom stereocenters. The van der Waals surface area contributed by atoms with Gasteiger partial charge in [-0.15, -0.1) is 11.3 Å². The van der Waals surface area contributed by atoms with Gasteiger partial charge in [-0.25, -0.2) is 4.98 Å². The second kappa shape index (κ2) is 8.80. The van der Waals surface area contributed by atoms with Crippen LogP contribution in [0, 0.1) is 13.8 Å². The van der Waals surface area contributed by atoms with Gasteiger partial charge in [-0.2, -0.15) is 5.10 Å². The Morgan fingerprint density at radius 3 is 2.71 bits per heavy atom. The third kappa shape index (κ3) is 4.50. The van der Waals surface area contributed by atoms with Crippen LogP contribution in [0.2, 0.25) is 0 Å². The van der Waals surface area contributed by atoms with E-state index >= 15 is 0 Å². The lowest BCUT2D eigenvalue weighted by atomic mass is 9.96. The van der Waals surface area contributed by atoms with Crippen molar-refractivity contribution in [3.8, 4) is 5.75 Å². The molecule has 0 radical (unpaired) electrons. The van der Waals surface area contributed by atoms with Crippen LogP contribution in [0.4, 0.5) is 0 Å². The number of aliphatic hydroxyl groups is 1. The first-order valence-electron chi connectivity index (χ1n) is 10.5. The normalized spacial score (nSPS) is 19.3. The summed E-state index contributed by atoms with van der Waals surface area (Å²) in [7, 11) is 1.83. The van der Waals surface area contributed by atoms with Gasteiger partial charge < -0.3 is 14.7 Å². The number of hydrogen-bond donors (Lipinski definition) is 1. The fourth-order valence-corrected chi connectivity index (χ4v) is 4.96. The lowest BCUT2D eigenvalue weighted by molar-refractivity contribution is 0.0209. The number of thiazole rings is 1. The van der Waals surface area contributed by atoms with E-state index in [1.165, 1.54) is 11.3 Å². The van der Waals surface area contributed by atoms with Crippen molar-refractivity contribution in [3.05, 3.63) is 63.4 Å². The number of aromatic nitrogens is 3. The van der Waals surface area contributed by atoms with E-state index in [1.807, 2.05) is 56.1 Å². The van der Waals surface area contributed by atoms with Crippen molar-refractivity contribution in [2.24, 2.45) is 7.05 Å². The molecule has 7 nitrogen and oxygen atoms in total. The summed E-state index contributed by atoms with van der Waals surface area (Å²) in [6.45, 7) is 5.37. The monoisotopic (exact) mass is 440 g/mol. The number of aryl methyl sites for hydroxylation is 2. The van der Waals surface area contributed by atoms with Crippen LogP contribution in [-0.4, -0.2) is 43.8 Å². The number of carbonyl (C=O) groups is 1. The number of rotatable bonds is 5. The van der Waals surface area contributed by atoms with E-state index in [0.29, 0.717) is 43.1 Å². The molecule has 1 fully saturated rings. The van der Waals surface area contributed by atoms with E-state index in [9.17, 15) is 9.90 Å². The fourth-order valence-electron chi connectivity index (χ4n) is 3.84. The highest BCUT2D eigenvalue weighted by Gasteiger charge is 2.37. The number of likely N-dealkylation sites (tertiary alicyclic amines) is 1. The van der Waals surface area contributed by atoms with Gasteiger partial charge in [0.05, 0.1) is 22.3 Å². The zero-order chi connectivity index (χ0) is 22.0. The Balaban J connectivity index is 1.45. The van der Waals surface area contributed by atoms with E-state index in [0.717, 1.165) is 28.4 Å². The highest BCUT2D eigenvalue weighted by molar-refractivity contribution is 7.11. The Morgan fingerprint density at radius 1 is 1.23 bits per heavy atom. The molecule has 0 bridgehead atoms. The van der Waals surface area contributed by atoms with Gasteiger partial charge >= 0.3 is 0 Å². The van der Waals surface area contributed by atoms with Crippen molar-refractivity contribution in [2.75, 3.05) is 13.1 Å². The van der Waals surface area contributed by atoms with Crippen LogP contribution in [0.5, 0.6) is 5.75 Å². The first kappa shape index (κ1) is 21.5. The number of carbonyl (C=O) groups excluding carboxylic acids is 1. The Labute approximate surface area is 186 Å². The third-order valence-corrected chi connectivity index (χ3v) is 7.29. The molecule has 8 heteroatoms. The summed E-state index contributed by atoms with van der Waals surface area (Å²) < 4.78 is 7.58. The summed E-state index contributed by atoms with van der Waals surface area (Å²) in [6, 6.07) is 9.68. The molecular formula is C23H28N4O3S. The molecule has 164 valence electrons. The molecule has 1 N–H and O–H groups in total. The number of benzene rings is 1.